The van der Waals surface area contributed by atoms with E-state index in [0.29, 0.717) is 10.7 Å². The fraction of sp³-hybridized carbons (Fsp3) is 0.143. The molecule has 0 amide bonds. The van der Waals surface area contributed by atoms with Gasteiger partial charge in [0.25, 0.3) is 0 Å². The molecule has 1 atom stereocenters. The second-order valence-electron chi connectivity index (χ2n) is 4.09. The highest BCUT2D eigenvalue weighted by molar-refractivity contribution is 6.30. The van der Waals surface area contributed by atoms with Gasteiger partial charge in [-0.2, -0.15) is 0 Å². The van der Waals surface area contributed by atoms with E-state index in [-0.39, 0.29) is 17.6 Å². The number of phenolic OH excluding ortho intramolecular Hbond substituents is 1. The Kier molecular flexibility index (Phi) is 3.72. The Bertz CT molecular complexity index is 559. The summed E-state index contributed by atoms with van der Waals surface area (Å²) < 4.78 is 13.6. The van der Waals surface area contributed by atoms with Crippen LogP contribution in [0.25, 0.3) is 0 Å². The van der Waals surface area contributed by atoms with Crippen molar-refractivity contribution < 1.29 is 9.50 Å². The summed E-state index contributed by atoms with van der Waals surface area (Å²) in [4.78, 5) is 0. The van der Waals surface area contributed by atoms with Gasteiger partial charge in [-0.15, -0.1) is 0 Å². The molecule has 2 aromatic carbocycles. The summed E-state index contributed by atoms with van der Waals surface area (Å²) in [6.07, 6.45) is 0. The van der Waals surface area contributed by atoms with Crippen molar-refractivity contribution in [3.8, 4) is 5.75 Å². The zero-order valence-corrected chi connectivity index (χ0v) is 10.6. The highest BCUT2D eigenvalue weighted by Gasteiger charge is 2.09. The number of anilines is 1. The van der Waals surface area contributed by atoms with Crippen molar-refractivity contribution in [1.82, 2.24) is 0 Å². The van der Waals surface area contributed by atoms with E-state index in [1.165, 1.54) is 18.2 Å². The number of phenols is 1. The van der Waals surface area contributed by atoms with E-state index < -0.39 is 0 Å². The summed E-state index contributed by atoms with van der Waals surface area (Å²) in [5.41, 5.74) is 1.22. The molecule has 0 saturated heterocycles. The van der Waals surface area contributed by atoms with Crippen LogP contribution in [-0.2, 0) is 0 Å². The Hall–Kier alpha value is -1.74. The molecule has 0 bridgehead atoms. The SMILES string of the molecule is CC(Nc1cc(Cl)ccc1F)c1cccc(O)c1. The number of rotatable bonds is 3. The predicted molar refractivity (Wildman–Crippen MR) is 71.6 cm³/mol. The summed E-state index contributed by atoms with van der Waals surface area (Å²) in [7, 11) is 0. The first-order valence-corrected chi connectivity index (χ1v) is 5.94. The number of hydrogen-bond donors (Lipinski definition) is 2. The molecule has 0 radical (unpaired) electrons. The van der Waals surface area contributed by atoms with Crippen LogP contribution in [-0.4, -0.2) is 5.11 Å². The molecule has 18 heavy (non-hydrogen) atoms. The zero-order valence-electron chi connectivity index (χ0n) is 9.82. The first-order valence-electron chi connectivity index (χ1n) is 5.57. The fourth-order valence-corrected chi connectivity index (χ4v) is 1.89. The average molecular weight is 266 g/mol. The van der Waals surface area contributed by atoms with E-state index in [1.807, 2.05) is 13.0 Å². The lowest BCUT2D eigenvalue weighted by Crippen LogP contribution is -2.07. The van der Waals surface area contributed by atoms with Gasteiger partial charge in [0, 0.05) is 11.1 Å². The van der Waals surface area contributed by atoms with Gasteiger partial charge in [-0.3, -0.25) is 0 Å². The van der Waals surface area contributed by atoms with Crippen molar-refractivity contribution in [2.24, 2.45) is 0 Å². The van der Waals surface area contributed by atoms with Crippen LogP contribution in [0.1, 0.15) is 18.5 Å². The van der Waals surface area contributed by atoms with E-state index in [0.717, 1.165) is 5.56 Å². The van der Waals surface area contributed by atoms with E-state index in [4.69, 9.17) is 11.6 Å². The van der Waals surface area contributed by atoms with E-state index in [2.05, 4.69) is 5.32 Å². The van der Waals surface area contributed by atoms with Gasteiger partial charge in [0.15, 0.2) is 0 Å². The monoisotopic (exact) mass is 265 g/mol. The molecule has 2 N–H and O–H groups in total. The largest absolute Gasteiger partial charge is 0.508 e. The van der Waals surface area contributed by atoms with Gasteiger partial charge < -0.3 is 10.4 Å². The molecule has 0 aromatic heterocycles. The van der Waals surface area contributed by atoms with E-state index >= 15 is 0 Å². The molecule has 0 heterocycles. The standard InChI is InChI=1S/C14H13ClFNO/c1-9(10-3-2-4-12(18)7-10)17-14-8-11(15)5-6-13(14)16/h2-9,17-18H,1H3. The Morgan fingerprint density at radius 2 is 2.00 bits per heavy atom. The molecule has 2 rings (SSSR count). The van der Waals surface area contributed by atoms with Gasteiger partial charge in [0.1, 0.15) is 11.6 Å². The average Bonchev–Trinajstić information content (AvgIpc) is 2.34. The lowest BCUT2D eigenvalue weighted by Gasteiger charge is -2.16. The van der Waals surface area contributed by atoms with Gasteiger partial charge >= 0.3 is 0 Å². The minimum Gasteiger partial charge on any atom is -0.508 e. The molecule has 1 unspecified atom stereocenters. The third-order valence-electron chi connectivity index (χ3n) is 2.67. The molecule has 0 aliphatic rings. The van der Waals surface area contributed by atoms with Crippen LogP contribution in [0.2, 0.25) is 5.02 Å². The Morgan fingerprint density at radius 3 is 2.72 bits per heavy atom. The van der Waals surface area contributed by atoms with Gasteiger partial charge in [0.2, 0.25) is 0 Å². The van der Waals surface area contributed by atoms with E-state index in [1.54, 1.807) is 18.2 Å². The fourth-order valence-electron chi connectivity index (χ4n) is 1.72. The van der Waals surface area contributed by atoms with Crippen molar-refractivity contribution in [2.75, 3.05) is 5.32 Å². The zero-order chi connectivity index (χ0) is 13.1. The maximum absolute atomic E-state index is 13.6. The van der Waals surface area contributed by atoms with Crippen LogP contribution in [0, 0.1) is 5.82 Å². The minimum atomic E-state index is -0.355. The van der Waals surface area contributed by atoms with Gasteiger partial charge in [0.05, 0.1) is 5.69 Å². The van der Waals surface area contributed by atoms with Crippen LogP contribution in [0.15, 0.2) is 42.5 Å². The summed E-state index contributed by atoms with van der Waals surface area (Å²) in [5.74, 6) is -0.167. The second-order valence-corrected chi connectivity index (χ2v) is 4.52. The molecular formula is C14H13ClFNO. The number of halogens is 2. The van der Waals surface area contributed by atoms with Crippen molar-refractivity contribution in [1.29, 1.82) is 0 Å². The molecule has 0 saturated carbocycles. The Morgan fingerprint density at radius 1 is 1.22 bits per heavy atom. The summed E-state index contributed by atoms with van der Waals surface area (Å²) >= 11 is 5.82. The molecule has 2 nitrogen and oxygen atoms in total. The molecule has 4 heteroatoms. The highest BCUT2D eigenvalue weighted by Crippen LogP contribution is 2.25. The van der Waals surface area contributed by atoms with Crippen LogP contribution in [0.3, 0.4) is 0 Å². The van der Waals surface area contributed by atoms with Crippen molar-refractivity contribution in [2.45, 2.75) is 13.0 Å². The molecule has 0 aliphatic heterocycles. The van der Waals surface area contributed by atoms with Crippen LogP contribution in [0.5, 0.6) is 5.75 Å². The number of nitrogens with one attached hydrogen (secondary N) is 1. The minimum absolute atomic E-state index is 0.134. The van der Waals surface area contributed by atoms with Crippen LogP contribution < -0.4 is 5.32 Å². The second kappa shape index (κ2) is 5.27. The molecular weight excluding hydrogens is 253 g/mol. The summed E-state index contributed by atoms with van der Waals surface area (Å²) in [6.45, 7) is 1.88. The predicted octanol–water partition coefficient (Wildman–Crippen LogP) is 4.36. The number of aromatic hydroxyl groups is 1. The Labute approximate surface area is 110 Å². The van der Waals surface area contributed by atoms with E-state index in [9.17, 15) is 9.50 Å². The quantitative estimate of drug-likeness (QED) is 0.864. The third kappa shape index (κ3) is 2.93. The van der Waals surface area contributed by atoms with Crippen molar-refractivity contribution in [3.05, 3.63) is 58.9 Å². The van der Waals surface area contributed by atoms with Gasteiger partial charge in [-0.05, 0) is 42.8 Å². The highest BCUT2D eigenvalue weighted by atomic mass is 35.5. The lowest BCUT2D eigenvalue weighted by atomic mass is 10.1. The van der Waals surface area contributed by atoms with Crippen molar-refractivity contribution >= 4 is 17.3 Å². The van der Waals surface area contributed by atoms with Gasteiger partial charge in [-0.25, -0.2) is 4.39 Å². The first kappa shape index (κ1) is 12.7. The summed E-state index contributed by atoms with van der Waals surface area (Å²) in [6, 6.07) is 11.1. The molecule has 2 aromatic rings. The maximum Gasteiger partial charge on any atom is 0.146 e. The normalized spacial score (nSPS) is 12.2. The topological polar surface area (TPSA) is 32.3 Å². The third-order valence-corrected chi connectivity index (χ3v) is 2.91. The molecule has 0 fully saturated rings. The summed E-state index contributed by atoms with van der Waals surface area (Å²) in [5, 5.41) is 12.9. The maximum atomic E-state index is 13.6. The van der Waals surface area contributed by atoms with Gasteiger partial charge in [-0.1, -0.05) is 23.7 Å². The lowest BCUT2D eigenvalue weighted by molar-refractivity contribution is 0.474. The number of hydrogen-bond acceptors (Lipinski definition) is 2. The molecule has 94 valence electrons. The molecule has 0 spiro atoms. The first-order chi connectivity index (χ1) is 8.56. The Balaban J connectivity index is 2.21. The smallest absolute Gasteiger partial charge is 0.146 e. The van der Waals surface area contributed by atoms with Crippen LogP contribution in [0.4, 0.5) is 10.1 Å². The number of benzene rings is 2. The van der Waals surface area contributed by atoms with Crippen LogP contribution >= 0.6 is 11.6 Å². The van der Waals surface area contributed by atoms with Crippen molar-refractivity contribution in [3.63, 3.8) is 0 Å². The molecule has 0 aliphatic carbocycles.